The lowest BCUT2D eigenvalue weighted by Gasteiger charge is -2.10. The van der Waals surface area contributed by atoms with Gasteiger partial charge >= 0.3 is 0 Å². The van der Waals surface area contributed by atoms with Crippen molar-refractivity contribution in [3.05, 3.63) is 42.0 Å². The number of aromatic nitrogens is 2. The molecule has 1 aromatic carbocycles. The summed E-state index contributed by atoms with van der Waals surface area (Å²) < 4.78 is 20.7. The number of benzene rings is 1. The number of hydrogen-bond donors (Lipinski definition) is 1. The Kier molecular flexibility index (Phi) is 4.39. The van der Waals surface area contributed by atoms with E-state index in [4.69, 9.17) is 4.74 Å². The molecular weight excluding hydrogens is 245 g/mol. The van der Waals surface area contributed by atoms with Crippen LogP contribution in [0.4, 0.5) is 10.1 Å². The molecule has 0 spiro atoms. The molecule has 0 radical (unpaired) electrons. The van der Waals surface area contributed by atoms with E-state index >= 15 is 0 Å². The lowest BCUT2D eigenvalue weighted by Crippen LogP contribution is -2.08. The van der Waals surface area contributed by atoms with Crippen molar-refractivity contribution in [1.29, 1.82) is 0 Å². The lowest BCUT2D eigenvalue weighted by molar-refractivity contribution is 0.321. The van der Waals surface area contributed by atoms with E-state index in [1.54, 1.807) is 18.3 Å². The fourth-order valence-electron chi connectivity index (χ4n) is 1.87. The van der Waals surface area contributed by atoms with Crippen molar-refractivity contribution in [3.63, 3.8) is 0 Å². The molecule has 0 aliphatic carbocycles. The molecule has 1 aromatic heterocycles. The largest absolute Gasteiger partial charge is 0.491 e. The summed E-state index contributed by atoms with van der Waals surface area (Å²) in [6.45, 7) is 5.76. The zero-order chi connectivity index (χ0) is 13.7. The van der Waals surface area contributed by atoms with Crippen LogP contribution in [-0.2, 0) is 13.1 Å². The molecule has 0 unspecified atom stereocenters. The van der Waals surface area contributed by atoms with Crippen LogP contribution in [0.15, 0.2) is 30.5 Å². The van der Waals surface area contributed by atoms with Crippen LogP contribution >= 0.6 is 0 Å². The topological polar surface area (TPSA) is 39.1 Å². The van der Waals surface area contributed by atoms with E-state index in [0.717, 1.165) is 17.9 Å². The van der Waals surface area contributed by atoms with E-state index in [9.17, 15) is 4.39 Å². The highest BCUT2D eigenvalue weighted by atomic mass is 19.1. The van der Waals surface area contributed by atoms with Gasteiger partial charge in [0.05, 0.1) is 18.8 Å². The monoisotopic (exact) mass is 263 g/mol. The van der Waals surface area contributed by atoms with Gasteiger partial charge < -0.3 is 10.1 Å². The van der Waals surface area contributed by atoms with Crippen molar-refractivity contribution >= 4 is 5.69 Å². The Hall–Kier alpha value is -2.04. The summed E-state index contributed by atoms with van der Waals surface area (Å²) in [4.78, 5) is 0. The van der Waals surface area contributed by atoms with Gasteiger partial charge in [-0.05, 0) is 32.0 Å². The summed E-state index contributed by atoms with van der Waals surface area (Å²) in [5, 5.41) is 7.36. The third kappa shape index (κ3) is 3.24. The first-order valence-corrected chi connectivity index (χ1v) is 6.41. The summed E-state index contributed by atoms with van der Waals surface area (Å²) >= 11 is 0. The van der Waals surface area contributed by atoms with Gasteiger partial charge in [0.1, 0.15) is 0 Å². The Morgan fingerprint density at radius 1 is 1.32 bits per heavy atom. The molecular formula is C14H18FN3O. The molecule has 4 nitrogen and oxygen atoms in total. The molecule has 19 heavy (non-hydrogen) atoms. The van der Waals surface area contributed by atoms with E-state index in [0.29, 0.717) is 13.2 Å². The molecule has 0 atom stereocenters. The highest BCUT2D eigenvalue weighted by Crippen LogP contribution is 2.21. The number of halogens is 1. The average molecular weight is 263 g/mol. The quantitative estimate of drug-likeness (QED) is 0.870. The lowest BCUT2D eigenvalue weighted by atomic mass is 10.2. The van der Waals surface area contributed by atoms with Crippen LogP contribution in [0.1, 0.15) is 19.5 Å². The summed E-state index contributed by atoms with van der Waals surface area (Å²) in [5.41, 5.74) is 1.79. The predicted molar refractivity (Wildman–Crippen MR) is 72.8 cm³/mol. The number of ether oxygens (including phenoxy) is 1. The summed E-state index contributed by atoms with van der Waals surface area (Å²) in [5.74, 6) is -0.0671. The van der Waals surface area contributed by atoms with Gasteiger partial charge in [-0.15, -0.1) is 0 Å². The van der Waals surface area contributed by atoms with E-state index in [1.807, 2.05) is 24.6 Å². The Morgan fingerprint density at radius 3 is 2.84 bits per heavy atom. The van der Waals surface area contributed by atoms with Crippen molar-refractivity contribution in [2.45, 2.75) is 26.9 Å². The zero-order valence-corrected chi connectivity index (χ0v) is 11.2. The smallest absolute Gasteiger partial charge is 0.167 e. The Balaban J connectivity index is 2.02. The summed E-state index contributed by atoms with van der Waals surface area (Å²) in [6, 6.07) is 6.83. The third-order valence-electron chi connectivity index (χ3n) is 2.81. The van der Waals surface area contributed by atoms with Gasteiger partial charge in [-0.2, -0.15) is 5.10 Å². The molecule has 0 fully saturated rings. The molecule has 0 aliphatic heterocycles. The van der Waals surface area contributed by atoms with E-state index in [2.05, 4.69) is 10.4 Å². The Bertz CT molecular complexity index is 539. The van der Waals surface area contributed by atoms with Crippen molar-refractivity contribution in [2.24, 2.45) is 0 Å². The van der Waals surface area contributed by atoms with E-state index in [-0.39, 0.29) is 11.6 Å². The molecule has 0 aliphatic rings. The Labute approximate surface area is 112 Å². The van der Waals surface area contributed by atoms with Gasteiger partial charge in [-0.25, -0.2) is 4.39 Å². The van der Waals surface area contributed by atoms with Gasteiger partial charge in [0, 0.05) is 24.5 Å². The van der Waals surface area contributed by atoms with Crippen LogP contribution < -0.4 is 10.1 Å². The standard InChI is InChI=1S/C14H18FN3O/c1-3-18-12(7-8-17-18)10-16-11-5-6-14(19-4-2)13(15)9-11/h5-9,16H,3-4,10H2,1-2H3. The van der Waals surface area contributed by atoms with Gasteiger partial charge in [-0.3, -0.25) is 4.68 Å². The molecule has 0 bridgehead atoms. The molecule has 102 valence electrons. The number of rotatable bonds is 6. The highest BCUT2D eigenvalue weighted by Gasteiger charge is 2.05. The molecule has 2 aromatic rings. The van der Waals surface area contributed by atoms with Crippen LogP contribution in [0, 0.1) is 5.82 Å². The second kappa shape index (κ2) is 6.22. The number of hydrogen-bond acceptors (Lipinski definition) is 3. The number of nitrogens with zero attached hydrogens (tertiary/aromatic N) is 2. The van der Waals surface area contributed by atoms with Crippen LogP contribution in [0.2, 0.25) is 0 Å². The molecule has 2 rings (SSSR count). The fourth-order valence-corrected chi connectivity index (χ4v) is 1.87. The van der Waals surface area contributed by atoms with E-state index < -0.39 is 0 Å². The third-order valence-corrected chi connectivity index (χ3v) is 2.81. The maximum atomic E-state index is 13.7. The van der Waals surface area contributed by atoms with Crippen molar-refractivity contribution < 1.29 is 9.13 Å². The predicted octanol–water partition coefficient (Wildman–Crippen LogP) is 3.05. The normalized spacial score (nSPS) is 10.5. The SMILES string of the molecule is CCOc1ccc(NCc2ccnn2CC)cc1F. The minimum Gasteiger partial charge on any atom is -0.491 e. The van der Waals surface area contributed by atoms with Crippen LogP contribution in [0.25, 0.3) is 0 Å². The van der Waals surface area contributed by atoms with Crippen LogP contribution in [0.3, 0.4) is 0 Å². The number of anilines is 1. The Morgan fingerprint density at radius 2 is 2.16 bits per heavy atom. The van der Waals surface area contributed by atoms with Gasteiger partial charge in [0.15, 0.2) is 11.6 Å². The zero-order valence-electron chi connectivity index (χ0n) is 11.2. The molecule has 0 saturated carbocycles. The van der Waals surface area contributed by atoms with Gasteiger partial charge in [0.25, 0.3) is 0 Å². The average Bonchev–Trinajstić information content (AvgIpc) is 2.87. The first-order chi connectivity index (χ1) is 9.24. The van der Waals surface area contributed by atoms with Crippen LogP contribution in [-0.4, -0.2) is 16.4 Å². The van der Waals surface area contributed by atoms with E-state index in [1.165, 1.54) is 6.07 Å². The molecule has 0 saturated heterocycles. The number of nitrogens with one attached hydrogen (secondary N) is 1. The molecule has 5 heteroatoms. The fraction of sp³-hybridized carbons (Fsp3) is 0.357. The second-order valence-electron chi connectivity index (χ2n) is 4.07. The molecule has 1 heterocycles. The maximum Gasteiger partial charge on any atom is 0.167 e. The van der Waals surface area contributed by atoms with Crippen LogP contribution in [0.5, 0.6) is 5.75 Å². The first-order valence-electron chi connectivity index (χ1n) is 6.41. The minimum atomic E-state index is -0.351. The second-order valence-corrected chi connectivity index (χ2v) is 4.07. The minimum absolute atomic E-state index is 0.284. The van der Waals surface area contributed by atoms with Crippen molar-refractivity contribution in [2.75, 3.05) is 11.9 Å². The molecule has 1 N–H and O–H groups in total. The molecule has 0 amide bonds. The first kappa shape index (κ1) is 13.4. The number of aryl methyl sites for hydroxylation is 1. The summed E-state index contributed by atoms with van der Waals surface area (Å²) in [6.07, 6.45) is 1.76. The van der Waals surface area contributed by atoms with Crippen molar-refractivity contribution in [3.8, 4) is 5.75 Å². The van der Waals surface area contributed by atoms with Gasteiger partial charge in [-0.1, -0.05) is 0 Å². The highest BCUT2D eigenvalue weighted by molar-refractivity contribution is 5.47. The summed E-state index contributed by atoms with van der Waals surface area (Å²) in [7, 11) is 0. The van der Waals surface area contributed by atoms with Gasteiger partial charge in [0.2, 0.25) is 0 Å². The maximum absolute atomic E-state index is 13.7. The van der Waals surface area contributed by atoms with Crippen molar-refractivity contribution in [1.82, 2.24) is 9.78 Å².